The zero-order valence-corrected chi connectivity index (χ0v) is 9.08. The van der Waals surface area contributed by atoms with Gasteiger partial charge in [-0.05, 0) is 19.0 Å². The van der Waals surface area contributed by atoms with E-state index in [1.807, 2.05) is 13.8 Å². The van der Waals surface area contributed by atoms with E-state index in [2.05, 4.69) is 18.7 Å². The topological polar surface area (TPSA) is 40.5 Å². The van der Waals surface area contributed by atoms with Crippen LogP contribution < -0.4 is 0 Å². The Morgan fingerprint density at radius 1 is 1.31 bits per heavy atom. The zero-order valence-electron chi connectivity index (χ0n) is 9.08. The molecule has 0 aliphatic heterocycles. The van der Waals surface area contributed by atoms with Crippen molar-refractivity contribution < 1.29 is 9.90 Å². The molecule has 13 heavy (non-hydrogen) atoms. The van der Waals surface area contributed by atoms with E-state index >= 15 is 0 Å². The third-order valence-electron chi connectivity index (χ3n) is 2.47. The van der Waals surface area contributed by atoms with Gasteiger partial charge in [0, 0.05) is 6.54 Å². The number of carboxylic acids is 1. The van der Waals surface area contributed by atoms with E-state index in [1.54, 1.807) is 0 Å². The van der Waals surface area contributed by atoms with Crippen LogP contribution in [-0.2, 0) is 4.79 Å². The number of hydrogen-bond acceptors (Lipinski definition) is 2. The maximum atomic E-state index is 10.9. The monoisotopic (exact) mass is 187 g/mol. The fourth-order valence-electron chi connectivity index (χ4n) is 1.33. The van der Waals surface area contributed by atoms with Crippen molar-refractivity contribution >= 4 is 5.97 Å². The molecule has 0 unspecified atom stereocenters. The average Bonchev–Trinajstić information content (AvgIpc) is 2.05. The molecule has 78 valence electrons. The Bertz CT molecular complexity index is 153. The fourth-order valence-corrected chi connectivity index (χ4v) is 1.33. The zero-order chi connectivity index (χ0) is 10.4. The van der Waals surface area contributed by atoms with E-state index in [0.29, 0.717) is 6.54 Å². The second kappa shape index (κ2) is 5.97. The first-order valence-electron chi connectivity index (χ1n) is 4.98. The van der Waals surface area contributed by atoms with Crippen LogP contribution in [0.25, 0.3) is 0 Å². The summed E-state index contributed by atoms with van der Waals surface area (Å²) in [5.74, 6) is -0.708. The molecule has 0 aromatic heterocycles. The summed E-state index contributed by atoms with van der Waals surface area (Å²) in [6.45, 7) is 10.6. The normalized spacial score (nSPS) is 13.7. The maximum Gasteiger partial charge on any atom is 0.308 e. The standard InChI is InChI=1S/C10H21NO2/c1-5-11(6-2)7-9(8(3)4)10(12)13/h8-9H,5-7H2,1-4H3,(H,12,13)/t9-/m1/s1. The highest BCUT2D eigenvalue weighted by Gasteiger charge is 2.22. The van der Waals surface area contributed by atoms with Crippen LogP contribution in [-0.4, -0.2) is 35.6 Å². The van der Waals surface area contributed by atoms with Crippen LogP contribution in [0, 0.1) is 11.8 Å². The number of rotatable bonds is 6. The van der Waals surface area contributed by atoms with Crippen LogP contribution >= 0.6 is 0 Å². The molecule has 0 fully saturated rings. The molecule has 0 heterocycles. The molecule has 0 amide bonds. The average molecular weight is 187 g/mol. The van der Waals surface area contributed by atoms with E-state index in [-0.39, 0.29) is 11.8 Å². The third kappa shape index (κ3) is 4.27. The van der Waals surface area contributed by atoms with Gasteiger partial charge in [0.05, 0.1) is 5.92 Å². The Labute approximate surface area is 80.7 Å². The summed E-state index contributed by atoms with van der Waals surface area (Å²) < 4.78 is 0. The molecule has 0 bridgehead atoms. The first-order chi connectivity index (χ1) is 6.02. The van der Waals surface area contributed by atoms with Gasteiger partial charge in [0.25, 0.3) is 0 Å². The van der Waals surface area contributed by atoms with E-state index < -0.39 is 5.97 Å². The van der Waals surface area contributed by atoms with E-state index in [9.17, 15) is 4.79 Å². The molecule has 0 aromatic rings. The van der Waals surface area contributed by atoms with Gasteiger partial charge in [-0.3, -0.25) is 4.79 Å². The van der Waals surface area contributed by atoms with Crippen molar-refractivity contribution in [1.29, 1.82) is 0 Å². The Balaban J connectivity index is 4.16. The molecule has 1 atom stereocenters. The number of carboxylic acid groups (broad SMARTS) is 1. The molecule has 0 saturated heterocycles. The maximum absolute atomic E-state index is 10.9. The molecule has 3 nitrogen and oxygen atoms in total. The Morgan fingerprint density at radius 2 is 1.77 bits per heavy atom. The minimum Gasteiger partial charge on any atom is -0.481 e. The van der Waals surface area contributed by atoms with Crippen molar-refractivity contribution in [3.05, 3.63) is 0 Å². The van der Waals surface area contributed by atoms with Crippen LogP contribution in [0.3, 0.4) is 0 Å². The number of nitrogens with zero attached hydrogens (tertiary/aromatic N) is 1. The van der Waals surface area contributed by atoms with Gasteiger partial charge in [-0.2, -0.15) is 0 Å². The van der Waals surface area contributed by atoms with Gasteiger partial charge in [0.1, 0.15) is 0 Å². The van der Waals surface area contributed by atoms with Crippen LogP contribution in [0.2, 0.25) is 0 Å². The summed E-state index contributed by atoms with van der Waals surface area (Å²) >= 11 is 0. The van der Waals surface area contributed by atoms with Crippen LogP contribution in [0.4, 0.5) is 0 Å². The predicted octanol–water partition coefficient (Wildman–Crippen LogP) is 1.68. The van der Waals surface area contributed by atoms with Crippen molar-refractivity contribution in [2.45, 2.75) is 27.7 Å². The van der Waals surface area contributed by atoms with Gasteiger partial charge in [-0.25, -0.2) is 0 Å². The number of carbonyl (C=O) groups is 1. The Kier molecular flexibility index (Phi) is 5.71. The molecule has 0 rings (SSSR count). The second-order valence-electron chi connectivity index (χ2n) is 3.67. The summed E-state index contributed by atoms with van der Waals surface area (Å²) in [4.78, 5) is 13.0. The van der Waals surface area contributed by atoms with Gasteiger partial charge in [-0.1, -0.05) is 27.7 Å². The number of hydrogen-bond donors (Lipinski definition) is 1. The smallest absolute Gasteiger partial charge is 0.308 e. The van der Waals surface area contributed by atoms with E-state index in [1.165, 1.54) is 0 Å². The lowest BCUT2D eigenvalue weighted by Gasteiger charge is -2.24. The highest BCUT2D eigenvalue weighted by molar-refractivity contribution is 5.70. The van der Waals surface area contributed by atoms with Crippen molar-refractivity contribution in [3.63, 3.8) is 0 Å². The Morgan fingerprint density at radius 3 is 2.00 bits per heavy atom. The summed E-state index contributed by atoms with van der Waals surface area (Å²) in [5, 5.41) is 8.96. The van der Waals surface area contributed by atoms with Crippen LogP contribution in [0.1, 0.15) is 27.7 Å². The largest absolute Gasteiger partial charge is 0.481 e. The molecular weight excluding hydrogens is 166 g/mol. The minimum absolute atomic E-state index is 0.207. The first-order valence-corrected chi connectivity index (χ1v) is 4.98. The third-order valence-corrected chi connectivity index (χ3v) is 2.47. The predicted molar refractivity (Wildman–Crippen MR) is 53.8 cm³/mol. The van der Waals surface area contributed by atoms with Crippen molar-refractivity contribution in [1.82, 2.24) is 4.90 Å². The molecule has 0 aliphatic carbocycles. The van der Waals surface area contributed by atoms with Crippen molar-refractivity contribution in [3.8, 4) is 0 Å². The van der Waals surface area contributed by atoms with Gasteiger partial charge in [-0.15, -0.1) is 0 Å². The van der Waals surface area contributed by atoms with Crippen molar-refractivity contribution in [2.75, 3.05) is 19.6 Å². The Hall–Kier alpha value is -0.570. The summed E-state index contributed by atoms with van der Waals surface area (Å²) in [7, 11) is 0. The highest BCUT2D eigenvalue weighted by atomic mass is 16.4. The summed E-state index contributed by atoms with van der Waals surface area (Å²) in [6, 6.07) is 0. The lowest BCUT2D eigenvalue weighted by molar-refractivity contribution is -0.144. The molecular formula is C10H21NO2. The lowest BCUT2D eigenvalue weighted by Crippen LogP contribution is -2.35. The van der Waals surface area contributed by atoms with Crippen LogP contribution in [0.15, 0.2) is 0 Å². The molecule has 1 N–H and O–H groups in total. The van der Waals surface area contributed by atoms with E-state index in [4.69, 9.17) is 5.11 Å². The molecule has 0 aliphatic rings. The van der Waals surface area contributed by atoms with Gasteiger partial charge in [0.15, 0.2) is 0 Å². The van der Waals surface area contributed by atoms with Gasteiger partial charge < -0.3 is 10.0 Å². The highest BCUT2D eigenvalue weighted by Crippen LogP contribution is 2.12. The quantitative estimate of drug-likeness (QED) is 0.688. The fraction of sp³-hybridized carbons (Fsp3) is 0.900. The number of aliphatic carboxylic acids is 1. The first kappa shape index (κ1) is 12.4. The molecule has 0 spiro atoms. The molecule has 0 aromatic carbocycles. The lowest BCUT2D eigenvalue weighted by atomic mass is 9.95. The second-order valence-corrected chi connectivity index (χ2v) is 3.67. The van der Waals surface area contributed by atoms with Gasteiger partial charge in [0.2, 0.25) is 0 Å². The SMILES string of the molecule is CCN(CC)C[C@@H](C(=O)O)C(C)C. The van der Waals surface area contributed by atoms with Gasteiger partial charge >= 0.3 is 5.97 Å². The van der Waals surface area contributed by atoms with Crippen LogP contribution in [0.5, 0.6) is 0 Å². The minimum atomic E-state index is -0.679. The van der Waals surface area contributed by atoms with Crippen molar-refractivity contribution in [2.24, 2.45) is 11.8 Å². The summed E-state index contributed by atoms with van der Waals surface area (Å²) in [6.07, 6.45) is 0. The van der Waals surface area contributed by atoms with E-state index in [0.717, 1.165) is 13.1 Å². The molecule has 0 radical (unpaired) electrons. The molecule has 0 saturated carbocycles. The molecule has 3 heteroatoms. The summed E-state index contributed by atoms with van der Waals surface area (Å²) in [5.41, 5.74) is 0.